The maximum atomic E-state index is 13.2. The Hall–Kier alpha value is -4.43. The van der Waals surface area contributed by atoms with E-state index >= 15 is 0 Å². The number of hydrogen-bond acceptors (Lipinski definition) is 8. The van der Waals surface area contributed by atoms with Crippen molar-refractivity contribution in [1.82, 2.24) is 25.1 Å². The van der Waals surface area contributed by atoms with Gasteiger partial charge in [0.05, 0.1) is 11.6 Å². The molecule has 0 radical (unpaired) electrons. The summed E-state index contributed by atoms with van der Waals surface area (Å²) in [6.45, 7) is 4.32. The molecule has 0 aromatic carbocycles. The lowest BCUT2D eigenvalue weighted by molar-refractivity contribution is -0.126. The Morgan fingerprint density at radius 1 is 1.28 bits per heavy atom. The van der Waals surface area contributed by atoms with E-state index in [0.717, 1.165) is 6.26 Å². The lowest BCUT2D eigenvalue weighted by Crippen LogP contribution is -2.36. The SMILES string of the molecule is CC(=O)NCC1CN(c2nn(C)cc2NC(=O)c2coc(-c3ccnc(NCC(F)(F)F)c3)n2)C(=O)C1(C)C. The van der Waals surface area contributed by atoms with Crippen molar-refractivity contribution in [3.63, 3.8) is 0 Å². The predicted octanol–water partition coefficient (Wildman–Crippen LogP) is 2.82. The zero-order valence-corrected chi connectivity index (χ0v) is 21.6. The summed E-state index contributed by atoms with van der Waals surface area (Å²) < 4.78 is 44.3. The topological polar surface area (TPSA) is 147 Å². The summed E-state index contributed by atoms with van der Waals surface area (Å²) in [6, 6.07) is 2.79. The third kappa shape index (κ3) is 6.18. The minimum Gasteiger partial charge on any atom is -0.444 e. The number of aromatic nitrogens is 4. The summed E-state index contributed by atoms with van der Waals surface area (Å²) in [4.78, 5) is 47.1. The van der Waals surface area contributed by atoms with Crippen LogP contribution in [0.4, 0.5) is 30.5 Å². The summed E-state index contributed by atoms with van der Waals surface area (Å²) in [5.74, 6) is -1.03. The molecule has 3 amide bonds. The van der Waals surface area contributed by atoms with E-state index in [-0.39, 0.29) is 53.2 Å². The van der Waals surface area contributed by atoms with Crippen LogP contribution in [0.5, 0.6) is 0 Å². The highest BCUT2D eigenvalue weighted by Gasteiger charge is 2.48. The maximum absolute atomic E-state index is 13.2. The van der Waals surface area contributed by atoms with Crippen LogP contribution in [0.1, 0.15) is 31.3 Å². The van der Waals surface area contributed by atoms with Crippen molar-refractivity contribution in [2.24, 2.45) is 18.4 Å². The molecule has 4 rings (SSSR count). The Kier molecular flexibility index (Phi) is 7.35. The molecular weight excluding hydrogens is 521 g/mol. The average molecular weight is 549 g/mol. The normalized spacial score (nSPS) is 16.8. The molecule has 15 heteroatoms. The van der Waals surface area contributed by atoms with Gasteiger partial charge in [0.15, 0.2) is 11.5 Å². The first-order chi connectivity index (χ1) is 18.2. The van der Waals surface area contributed by atoms with Crippen molar-refractivity contribution in [3.8, 4) is 11.5 Å². The lowest BCUT2D eigenvalue weighted by Gasteiger charge is -2.23. The molecule has 12 nitrogen and oxygen atoms in total. The Morgan fingerprint density at radius 2 is 2.03 bits per heavy atom. The van der Waals surface area contributed by atoms with Crippen LogP contribution in [0.3, 0.4) is 0 Å². The van der Waals surface area contributed by atoms with Crippen LogP contribution in [0.15, 0.2) is 35.2 Å². The molecule has 4 heterocycles. The van der Waals surface area contributed by atoms with E-state index in [9.17, 15) is 27.6 Å². The first kappa shape index (κ1) is 27.6. The van der Waals surface area contributed by atoms with Gasteiger partial charge in [-0.2, -0.15) is 18.3 Å². The van der Waals surface area contributed by atoms with Crippen LogP contribution in [0, 0.1) is 11.3 Å². The second kappa shape index (κ2) is 10.4. The summed E-state index contributed by atoms with van der Waals surface area (Å²) in [5.41, 5.74) is -0.302. The van der Waals surface area contributed by atoms with E-state index in [2.05, 4.69) is 31.0 Å². The third-order valence-electron chi connectivity index (χ3n) is 6.34. The number of halogens is 3. The van der Waals surface area contributed by atoms with Gasteiger partial charge in [-0.05, 0) is 12.1 Å². The summed E-state index contributed by atoms with van der Waals surface area (Å²) in [5, 5.41) is 12.0. The van der Waals surface area contributed by atoms with Crippen molar-refractivity contribution in [2.75, 3.05) is 35.2 Å². The fourth-order valence-corrected chi connectivity index (χ4v) is 4.14. The molecule has 1 aliphatic heterocycles. The van der Waals surface area contributed by atoms with Gasteiger partial charge in [0.2, 0.25) is 17.7 Å². The van der Waals surface area contributed by atoms with E-state index in [0.29, 0.717) is 12.1 Å². The standard InChI is InChI=1S/C24H27F3N8O4/c1-13(36)29-8-15-9-35(22(38)23(15,2)3)19-16(10-34(4)33-19)31-20(37)17-11-39-21(32-17)14-5-6-28-18(7-14)30-12-24(25,26)27/h5-7,10-11,15H,8-9,12H2,1-4H3,(H,28,30)(H,29,36)(H,31,37). The van der Waals surface area contributed by atoms with Crippen LogP contribution in [-0.4, -0.2) is 63.3 Å². The molecule has 208 valence electrons. The molecule has 1 fully saturated rings. The van der Waals surface area contributed by atoms with Crippen LogP contribution >= 0.6 is 0 Å². The summed E-state index contributed by atoms with van der Waals surface area (Å²) in [7, 11) is 1.64. The minimum atomic E-state index is -4.42. The second-order valence-corrected chi connectivity index (χ2v) is 9.70. The van der Waals surface area contributed by atoms with E-state index in [1.165, 1.54) is 41.0 Å². The monoisotopic (exact) mass is 548 g/mol. The fourth-order valence-electron chi connectivity index (χ4n) is 4.14. The number of amides is 3. The molecule has 0 aliphatic carbocycles. The van der Waals surface area contributed by atoms with Crippen molar-refractivity contribution in [2.45, 2.75) is 26.9 Å². The minimum absolute atomic E-state index is 0.00121. The highest BCUT2D eigenvalue weighted by Crippen LogP contribution is 2.40. The molecular formula is C24H27F3N8O4. The van der Waals surface area contributed by atoms with E-state index in [1.54, 1.807) is 20.9 Å². The number of alkyl halides is 3. The molecule has 0 bridgehead atoms. The zero-order valence-electron chi connectivity index (χ0n) is 21.6. The number of anilines is 3. The molecule has 3 aromatic heterocycles. The van der Waals surface area contributed by atoms with Crippen molar-refractivity contribution >= 4 is 35.0 Å². The Labute approximate surface area is 221 Å². The highest BCUT2D eigenvalue weighted by atomic mass is 19.4. The highest BCUT2D eigenvalue weighted by molar-refractivity contribution is 6.07. The van der Waals surface area contributed by atoms with Gasteiger partial charge in [-0.15, -0.1) is 0 Å². The van der Waals surface area contributed by atoms with E-state index < -0.39 is 24.0 Å². The maximum Gasteiger partial charge on any atom is 0.405 e. The molecule has 3 N–H and O–H groups in total. The number of pyridine rings is 1. The molecule has 0 saturated carbocycles. The Balaban J connectivity index is 1.50. The number of carbonyl (C=O) groups is 3. The fraction of sp³-hybridized carbons (Fsp3) is 0.417. The van der Waals surface area contributed by atoms with Crippen LogP contribution < -0.4 is 20.9 Å². The number of hydrogen-bond donors (Lipinski definition) is 3. The van der Waals surface area contributed by atoms with Gasteiger partial charge in [0.25, 0.3) is 5.91 Å². The first-order valence-electron chi connectivity index (χ1n) is 11.9. The summed E-state index contributed by atoms with van der Waals surface area (Å²) in [6.07, 6.45) is -0.485. The van der Waals surface area contributed by atoms with E-state index in [1.807, 2.05) is 0 Å². The van der Waals surface area contributed by atoms with Crippen molar-refractivity contribution < 1.29 is 32.0 Å². The molecule has 39 heavy (non-hydrogen) atoms. The van der Waals surface area contributed by atoms with Gasteiger partial charge < -0.3 is 20.4 Å². The first-order valence-corrected chi connectivity index (χ1v) is 11.9. The van der Waals surface area contributed by atoms with Gasteiger partial charge in [0, 0.05) is 44.7 Å². The number of nitrogens with one attached hydrogen (secondary N) is 3. The average Bonchev–Trinajstić information content (AvgIpc) is 3.54. The lowest BCUT2D eigenvalue weighted by atomic mass is 9.81. The Morgan fingerprint density at radius 3 is 2.72 bits per heavy atom. The molecule has 1 unspecified atom stereocenters. The van der Waals surface area contributed by atoms with Gasteiger partial charge in [-0.1, -0.05) is 13.8 Å². The zero-order chi connectivity index (χ0) is 28.5. The molecule has 1 aliphatic rings. The quantitative estimate of drug-likeness (QED) is 0.389. The van der Waals surface area contributed by atoms with Crippen molar-refractivity contribution in [3.05, 3.63) is 36.5 Å². The largest absolute Gasteiger partial charge is 0.444 e. The number of oxazole rings is 1. The van der Waals surface area contributed by atoms with Gasteiger partial charge in [-0.25, -0.2) is 9.97 Å². The second-order valence-electron chi connectivity index (χ2n) is 9.70. The van der Waals surface area contributed by atoms with E-state index in [4.69, 9.17) is 4.42 Å². The van der Waals surface area contributed by atoms with Crippen molar-refractivity contribution in [1.29, 1.82) is 0 Å². The molecule has 1 saturated heterocycles. The van der Waals surface area contributed by atoms with Crippen LogP contribution in [0.25, 0.3) is 11.5 Å². The number of rotatable bonds is 8. The smallest absolute Gasteiger partial charge is 0.405 e. The van der Waals surface area contributed by atoms with Gasteiger partial charge in [-0.3, -0.25) is 24.0 Å². The number of aryl methyl sites for hydroxylation is 1. The van der Waals surface area contributed by atoms with Gasteiger partial charge >= 0.3 is 6.18 Å². The molecule has 0 spiro atoms. The predicted molar refractivity (Wildman–Crippen MR) is 134 cm³/mol. The van der Waals surface area contributed by atoms with Gasteiger partial charge in [0.1, 0.15) is 24.3 Å². The molecule has 1 atom stereocenters. The third-order valence-corrected chi connectivity index (χ3v) is 6.34. The Bertz CT molecular complexity index is 1400. The number of nitrogens with zero attached hydrogens (tertiary/aromatic N) is 5. The summed E-state index contributed by atoms with van der Waals surface area (Å²) >= 11 is 0. The van der Waals surface area contributed by atoms with Crippen LogP contribution in [-0.2, 0) is 16.6 Å². The molecule has 3 aromatic rings. The number of carbonyl (C=O) groups excluding carboxylic acids is 3. The van der Waals surface area contributed by atoms with Crippen LogP contribution in [0.2, 0.25) is 0 Å².